The minimum atomic E-state index is -5.41. The molecule has 40 valence electrons. The lowest BCUT2D eigenvalue weighted by molar-refractivity contribution is 0.663. The molecule has 0 atom stereocenters. The molecule has 6 heavy (non-hydrogen) atoms. The first-order chi connectivity index (χ1) is 2.56. The Labute approximate surface area is 37.8 Å². The molecule has 0 radical (unpaired) electrons. The molecule has 0 N–H and O–H groups in total. The number of rotatable bonds is 1. The molecule has 0 unspecified atom stereocenters. The fourth-order valence-corrected chi connectivity index (χ4v) is 0. The smallest absolute Gasteiger partial charge is 0.147 e. The van der Waals surface area contributed by atoms with E-state index in [0.717, 1.165) is 0 Å². The largest absolute Gasteiger partial charge is 0.292 e. The van der Waals surface area contributed by atoms with Crippen molar-refractivity contribution < 1.29 is 15.5 Å². The summed E-state index contributed by atoms with van der Waals surface area (Å²) in [6, 6.07) is 0. The van der Waals surface area contributed by atoms with Gasteiger partial charge in [-0.25, -0.2) is 0 Å². The molecule has 0 aliphatic rings. The highest BCUT2D eigenvalue weighted by Crippen LogP contribution is 2.65. The summed E-state index contributed by atoms with van der Waals surface area (Å²) in [5.74, 6) is 0. The minimum Gasteiger partial charge on any atom is -0.147 e. The summed E-state index contributed by atoms with van der Waals surface area (Å²) in [7, 11) is -5.41. The SMILES string of the molecule is FSS(F)(F)F. The van der Waals surface area contributed by atoms with E-state index in [2.05, 4.69) is 0 Å². The van der Waals surface area contributed by atoms with Gasteiger partial charge in [0.1, 0.15) is 0 Å². The van der Waals surface area contributed by atoms with Crippen LogP contribution in [-0.4, -0.2) is 0 Å². The molecule has 0 saturated carbocycles. The summed E-state index contributed by atoms with van der Waals surface area (Å²) in [5, 5.41) is 0. The molecule has 0 saturated heterocycles. The Kier molecular flexibility index (Phi) is 2.06. The van der Waals surface area contributed by atoms with Gasteiger partial charge in [0, 0.05) is 0 Å². The monoisotopic (exact) mass is 140 g/mol. The molecule has 0 nitrogen and oxygen atoms in total. The number of hydrogen-bond donors (Lipinski definition) is 0. The Bertz CT molecular complexity index is 35.3. The van der Waals surface area contributed by atoms with Crippen molar-refractivity contribution in [1.82, 2.24) is 0 Å². The zero-order chi connectivity index (χ0) is 5.21. The van der Waals surface area contributed by atoms with E-state index in [9.17, 15) is 15.5 Å². The first-order valence-corrected chi connectivity index (χ1v) is 3.35. The Balaban J connectivity index is 3.17. The lowest BCUT2D eigenvalue weighted by Gasteiger charge is -1.96. The van der Waals surface area contributed by atoms with E-state index in [1.54, 1.807) is 0 Å². The molecule has 0 heterocycles. The van der Waals surface area contributed by atoms with Gasteiger partial charge in [-0.05, 0) is 0 Å². The van der Waals surface area contributed by atoms with E-state index >= 15 is 0 Å². The molecule has 0 aromatic heterocycles. The molecule has 0 fully saturated rings. The van der Waals surface area contributed by atoms with Crippen molar-refractivity contribution in [3.05, 3.63) is 0 Å². The van der Waals surface area contributed by atoms with Gasteiger partial charge in [0.15, 0.2) is 11.2 Å². The van der Waals surface area contributed by atoms with Gasteiger partial charge in [0.05, 0.1) is 0 Å². The average molecular weight is 140 g/mol. The van der Waals surface area contributed by atoms with Crippen molar-refractivity contribution in [2.75, 3.05) is 0 Å². The first kappa shape index (κ1) is 6.42. The van der Waals surface area contributed by atoms with Crippen LogP contribution in [0.4, 0.5) is 15.5 Å². The second-order valence-corrected chi connectivity index (χ2v) is 2.79. The van der Waals surface area contributed by atoms with Crippen LogP contribution >= 0.6 is 21.4 Å². The summed E-state index contributed by atoms with van der Waals surface area (Å²) < 4.78 is 41.7. The lowest BCUT2D eigenvalue weighted by atomic mass is 18.8. The third-order valence-corrected chi connectivity index (χ3v) is 0.643. The predicted octanol–water partition coefficient (Wildman–Crippen LogP) is 2.98. The second kappa shape index (κ2) is 1.92. The summed E-state index contributed by atoms with van der Waals surface area (Å²) >= 11 is -1.53. The summed E-state index contributed by atoms with van der Waals surface area (Å²) in [5.41, 5.74) is 0. The summed E-state index contributed by atoms with van der Waals surface area (Å²) in [6.45, 7) is 0. The van der Waals surface area contributed by atoms with E-state index in [1.165, 1.54) is 0 Å². The molecule has 0 amide bonds. The Morgan fingerprint density at radius 2 is 1.33 bits per heavy atom. The van der Waals surface area contributed by atoms with E-state index in [-0.39, 0.29) is 0 Å². The van der Waals surface area contributed by atoms with Crippen LogP contribution in [0.2, 0.25) is 0 Å². The van der Waals surface area contributed by atoms with Crippen molar-refractivity contribution in [2.45, 2.75) is 0 Å². The minimum absolute atomic E-state index is 1.53. The van der Waals surface area contributed by atoms with Crippen LogP contribution in [0.15, 0.2) is 0 Å². The molecule has 0 rings (SSSR count). The maximum absolute atomic E-state index is 10.5. The van der Waals surface area contributed by atoms with Crippen molar-refractivity contribution in [2.24, 2.45) is 0 Å². The summed E-state index contributed by atoms with van der Waals surface area (Å²) in [6.07, 6.45) is 0. The van der Waals surface area contributed by atoms with Crippen molar-refractivity contribution >= 4 is 21.4 Å². The zero-order valence-electron chi connectivity index (χ0n) is 2.33. The van der Waals surface area contributed by atoms with Crippen LogP contribution in [-0.2, 0) is 0 Å². The van der Waals surface area contributed by atoms with Gasteiger partial charge in [-0.2, -0.15) is 0 Å². The third-order valence-electron chi connectivity index (χ3n) is 0.0714. The molecule has 0 spiro atoms. The van der Waals surface area contributed by atoms with Crippen LogP contribution in [0.3, 0.4) is 0 Å². The van der Waals surface area contributed by atoms with Gasteiger partial charge < -0.3 is 0 Å². The fourth-order valence-electron chi connectivity index (χ4n) is 0. The standard InChI is InChI=1S/F4S2/c1-5-6(2,3)4. The van der Waals surface area contributed by atoms with Crippen LogP contribution in [0, 0.1) is 0 Å². The first-order valence-electron chi connectivity index (χ1n) is 0.784. The van der Waals surface area contributed by atoms with E-state index < -0.39 is 21.4 Å². The Morgan fingerprint density at radius 1 is 1.17 bits per heavy atom. The molecular formula is F4S2. The van der Waals surface area contributed by atoms with Crippen molar-refractivity contribution in [3.63, 3.8) is 0 Å². The van der Waals surface area contributed by atoms with Crippen molar-refractivity contribution in [3.8, 4) is 0 Å². The van der Waals surface area contributed by atoms with Crippen LogP contribution < -0.4 is 0 Å². The lowest BCUT2D eigenvalue weighted by Crippen LogP contribution is -1.51. The van der Waals surface area contributed by atoms with Gasteiger partial charge in [-0.3, -0.25) is 0 Å². The van der Waals surface area contributed by atoms with Gasteiger partial charge in [0.25, 0.3) is 10.2 Å². The molecule has 0 aliphatic carbocycles. The predicted molar refractivity (Wildman–Crippen MR) is 19.6 cm³/mol. The van der Waals surface area contributed by atoms with Gasteiger partial charge in [-0.15, -0.1) is 15.5 Å². The quantitative estimate of drug-likeness (QED) is 0.398. The van der Waals surface area contributed by atoms with Gasteiger partial charge in [-0.1, -0.05) is 0 Å². The molecule has 0 aromatic rings. The van der Waals surface area contributed by atoms with Crippen LogP contribution in [0.5, 0.6) is 0 Å². The molecular weight excluding hydrogens is 140 g/mol. The fraction of sp³-hybridized carbons (Fsp3) is 0. The van der Waals surface area contributed by atoms with Crippen LogP contribution in [0.25, 0.3) is 0 Å². The van der Waals surface area contributed by atoms with Crippen molar-refractivity contribution in [1.29, 1.82) is 0 Å². The molecule has 0 aromatic carbocycles. The highest BCUT2D eigenvalue weighted by Gasteiger charge is 2.21. The van der Waals surface area contributed by atoms with E-state index in [1.807, 2.05) is 0 Å². The van der Waals surface area contributed by atoms with Crippen LogP contribution in [0.1, 0.15) is 0 Å². The van der Waals surface area contributed by atoms with E-state index in [0.29, 0.717) is 0 Å². The molecule has 6 heteroatoms. The molecule has 0 bridgehead atoms. The average Bonchev–Trinajstić information content (AvgIpc) is 1.35. The second-order valence-electron chi connectivity index (χ2n) is 0.427. The number of halogens is 4. The van der Waals surface area contributed by atoms with Gasteiger partial charge in [0.2, 0.25) is 0 Å². The Hall–Kier alpha value is 0.420. The maximum Gasteiger partial charge on any atom is 0.292 e. The highest BCUT2D eigenvalue weighted by atomic mass is 33.2. The van der Waals surface area contributed by atoms with Gasteiger partial charge >= 0.3 is 0 Å². The van der Waals surface area contributed by atoms with E-state index in [4.69, 9.17) is 0 Å². The number of hydrogen-bond acceptors (Lipinski definition) is 1. The Morgan fingerprint density at radius 3 is 1.33 bits per heavy atom. The normalized spacial score (nSPS) is 14.7. The molecule has 0 aliphatic heterocycles. The highest BCUT2D eigenvalue weighted by molar-refractivity contribution is 8.86. The topological polar surface area (TPSA) is 0 Å². The third kappa shape index (κ3) is 4.42. The maximum atomic E-state index is 10.5. The zero-order valence-corrected chi connectivity index (χ0v) is 3.96. The summed E-state index contributed by atoms with van der Waals surface area (Å²) in [4.78, 5) is 0.